The summed E-state index contributed by atoms with van der Waals surface area (Å²) in [6, 6.07) is 15.1. The summed E-state index contributed by atoms with van der Waals surface area (Å²) in [5, 5.41) is 14.0. The van der Waals surface area contributed by atoms with Crippen molar-refractivity contribution in [3.05, 3.63) is 81.8 Å². The molecule has 3 aromatic rings. The zero-order valence-corrected chi connectivity index (χ0v) is 18.3. The van der Waals surface area contributed by atoms with Gasteiger partial charge in [-0.05, 0) is 37.1 Å². The zero-order valence-electron chi connectivity index (χ0n) is 17.5. The van der Waals surface area contributed by atoms with Crippen molar-refractivity contribution in [2.75, 3.05) is 6.61 Å². The van der Waals surface area contributed by atoms with Gasteiger partial charge < -0.3 is 15.2 Å². The molecule has 0 aliphatic heterocycles. The van der Waals surface area contributed by atoms with Gasteiger partial charge >= 0.3 is 6.18 Å². The Morgan fingerprint density at radius 3 is 2.28 bits per heavy atom. The number of halogens is 3. The Balaban J connectivity index is 1.89. The number of aromatic nitrogens is 1. The first-order chi connectivity index (χ1) is 15.1. The minimum Gasteiger partial charge on any atom is -0.494 e. The number of hydrogen-bond donors (Lipinski definition) is 2. The maximum atomic E-state index is 13.8. The Bertz CT molecular complexity index is 1040. The lowest BCUT2D eigenvalue weighted by Gasteiger charge is -2.29. The molecule has 0 spiro atoms. The van der Waals surface area contributed by atoms with Crippen molar-refractivity contribution < 1.29 is 27.8 Å². The molecule has 32 heavy (non-hydrogen) atoms. The molecule has 0 unspecified atom stereocenters. The van der Waals surface area contributed by atoms with Crippen molar-refractivity contribution >= 4 is 17.2 Å². The van der Waals surface area contributed by atoms with E-state index in [1.165, 1.54) is 12.3 Å². The minimum absolute atomic E-state index is 0.338. The van der Waals surface area contributed by atoms with E-state index in [0.29, 0.717) is 40.5 Å². The Kier molecular flexibility index (Phi) is 7.20. The molecular formula is C23H23F3N2O3S. The monoisotopic (exact) mass is 464 g/mol. The molecule has 0 aliphatic carbocycles. The van der Waals surface area contributed by atoms with Crippen LogP contribution in [-0.4, -0.2) is 28.8 Å². The molecular weight excluding hydrogens is 441 g/mol. The highest BCUT2D eigenvalue weighted by Crippen LogP contribution is 2.43. The molecule has 1 aromatic heterocycles. The number of carbonyl (C=O) groups excluding carboxylic acids is 1. The fraction of sp³-hybridized carbons (Fsp3) is 0.304. The van der Waals surface area contributed by atoms with E-state index in [9.17, 15) is 23.1 Å². The summed E-state index contributed by atoms with van der Waals surface area (Å²) in [6.07, 6.45) is -6.28. The number of aliphatic hydroxyl groups is 1. The van der Waals surface area contributed by atoms with Gasteiger partial charge in [-0.1, -0.05) is 42.5 Å². The van der Waals surface area contributed by atoms with Crippen LogP contribution in [0, 0.1) is 6.92 Å². The molecule has 0 aliphatic rings. The SMILES string of the molecule is CCOc1ccc([C@@H](NC(=O)C[C@@](O)(c2nc(C)cs2)C(F)(F)F)c2ccccc2)cc1. The molecule has 2 atom stereocenters. The maximum Gasteiger partial charge on any atom is 0.424 e. The number of nitrogens with zero attached hydrogens (tertiary/aromatic N) is 1. The average molecular weight is 465 g/mol. The molecule has 1 amide bonds. The Hall–Kier alpha value is -2.91. The Labute approximate surface area is 187 Å². The van der Waals surface area contributed by atoms with Crippen LogP contribution in [0.5, 0.6) is 5.75 Å². The predicted molar refractivity (Wildman–Crippen MR) is 115 cm³/mol. The van der Waals surface area contributed by atoms with Crippen LogP contribution < -0.4 is 10.1 Å². The number of amides is 1. The van der Waals surface area contributed by atoms with E-state index in [-0.39, 0.29) is 0 Å². The van der Waals surface area contributed by atoms with Crippen LogP contribution in [-0.2, 0) is 10.4 Å². The smallest absolute Gasteiger partial charge is 0.424 e. The number of ether oxygens (including phenoxy) is 1. The van der Waals surface area contributed by atoms with Crippen LogP contribution in [0.25, 0.3) is 0 Å². The second-order valence-electron chi connectivity index (χ2n) is 7.24. The van der Waals surface area contributed by atoms with Crippen molar-refractivity contribution in [2.24, 2.45) is 0 Å². The second kappa shape index (κ2) is 9.70. The number of thiazole rings is 1. The van der Waals surface area contributed by atoms with Gasteiger partial charge in [-0.15, -0.1) is 11.3 Å². The summed E-state index contributed by atoms with van der Waals surface area (Å²) in [5.74, 6) is -0.319. The van der Waals surface area contributed by atoms with Crippen LogP contribution in [0.3, 0.4) is 0 Å². The molecule has 0 saturated carbocycles. The second-order valence-corrected chi connectivity index (χ2v) is 8.10. The van der Waals surface area contributed by atoms with E-state index in [0.717, 1.165) is 0 Å². The summed E-state index contributed by atoms with van der Waals surface area (Å²) in [5.41, 5.74) is -1.69. The van der Waals surface area contributed by atoms with E-state index in [1.54, 1.807) is 54.6 Å². The highest BCUT2D eigenvalue weighted by Gasteiger charge is 2.58. The fourth-order valence-corrected chi connectivity index (χ4v) is 4.13. The van der Waals surface area contributed by atoms with E-state index in [1.807, 2.05) is 6.92 Å². The molecule has 0 radical (unpaired) electrons. The van der Waals surface area contributed by atoms with E-state index < -0.39 is 35.2 Å². The van der Waals surface area contributed by atoms with Crippen LogP contribution >= 0.6 is 11.3 Å². The maximum absolute atomic E-state index is 13.8. The lowest BCUT2D eigenvalue weighted by molar-refractivity contribution is -0.267. The van der Waals surface area contributed by atoms with Gasteiger partial charge in [-0.3, -0.25) is 4.79 Å². The third-order valence-electron chi connectivity index (χ3n) is 4.82. The number of benzene rings is 2. The van der Waals surface area contributed by atoms with Crippen molar-refractivity contribution in [2.45, 2.75) is 38.1 Å². The van der Waals surface area contributed by atoms with Gasteiger partial charge in [-0.2, -0.15) is 13.2 Å². The van der Waals surface area contributed by atoms with E-state index in [2.05, 4.69) is 10.3 Å². The van der Waals surface area contributed by atoms with E-state index in [4.69, 9.17) is 4.74 Å². The van der Waals surface area contributed by atoms with Crippen molar-refractivity contribution in [1.29, 1.82) is 0 Å². The lowest BCUT2D eigenvalue weighted by atomic mass is 9.96. The van der Waals surface area contributed by atoms with Crippen LogP contribution in [0.15, 0.2) is 60.0 Å². The van der Waals surface area contributed by atoms with Crippen LogP contribution in [0.1, 0.15) is 41.2 Å². The highest BCUT2D eigenvalue weighted by molar-refractivity contribution is 7.09. The quantitative estimate of drug-likeness (QED) is 0.498. The molecule has 170 valence electrons. The topological polar surface area (TPSA) is 71.5 Å². The van der Waals surface area contributed by atoms with Crippen LogP contribution in [0.2, 0.25) is 0 Å². The summed E-state index contributed by atoms with van der Waals surface area (Å²) in [7, 11) is 0. The predicted octanol–water partition coefficient (Wildman–Crippen LogP) is 4.90. The fourth-order valence-electron chi connectivity index (χ4n) is 3.21. The average Bonchev–Trinajstić information content (AvgIpc) is 3.19. The third kappa shape index (κ3) is 5.28. The first-order valence-corrected chi connectivity index (χ1v) is 10.8. The van der Waals surface area contributed by atoms with Gasteiger partial charge in [0.1, 0.15) is 10.8 Å². The van der Waals surface area contributed by atoms with Crippen molar-refractivity contribution in [1.82, 2.24) is 10.3 Å². The zero-order chi connectivity index (χ0) is 23.4. The first kappa shape index (κ1) is 23.7. The molecule has 9 heteroatoms. The lowest BCUT2D eigenvalue weighted by Crippen LogP contribution is -2.46. The molecule has 0 bridgehead atoms. The summed E-state index contributed by atoms with van der Waals surface area (Å²) < 4.78 is 46.8. The highest BCUT2D eigenvalue weighted by atomic mass is 32.1. The molecule has 1 heterocycles. The summed E-state index contributed by atoms with van der Waals surface area (Å²) in [4.78, 5) is 16.6. The Morgan fingerprint density at radius 1 is 1.12 bits per heavy atom. The number of hydrogen-bond acceptors (Lipinski definition) is 5. The standard InChI is InChI=1S/C23H23F3N2O3S/c1-3-31-18-11-9-17(10-12-18)20(16-7-5-4-6-8-16)28-19(29)13-22(30,23(24,25)26)21-27-15(2)14-32-21/h4-12,14,20,30H,3,13H2,1-2H3,(H,28,29)/t20-,22+/m0/s1. The normalized spacial score (nSPS) is 14.4. The van der Waals surface area contributed by atoms with Crippen molar-refractivity contribution in [3.8, 4) is 5.75 Å². The summed E-state index contributed by atoms with van der Waals surface area (Å²) in [6.45, 7) is 3.87. The molecule has 3 rings (SSSR count). The molecule has 2 N–H and O–H groups in total. The minimum atomic E-state index is -5.07. The number of alkyl halides is 3. The molecule has 0 saturated heterocycles. The Morgan fingerprint density at radius 2 is 1.75 bits per heavy atom. The molecule has 2 aromatic carbocycles. The molecule has 0 fully saturated rings. The first-order valence-electron chi connectivity index (χ1n) is 9.93. The third-order valence-corrected chi connectivity index (χ3v) is 5.93. The van der Waals surface area contributed by atoms with E-state index >= 15 is 0 Å². The number of carbonyl (C=O) groups is 1. The number of nitrogens with one attached hydrogen (secondary N) is 1. The number of rotatable bonds is 8. The van der Waals surface area contributed by atoms with Gasteiger partial charge in [0.15, 0.2) is 0 Å². The van der Waals surface area contributed by atoms with Gasteiger partial charge in [0.05, 0.1) is 19.1 Å². The van der Waals surface area contributed by atoms with Crippen LogP contribution in [0.4, 0.5) is 13.2 Å². The van der Waals surface area contributed by atoms with Crippen molar-refractivity contribution in [3.63, 3.8) is 0 Å². The molecule has 5 nitrogen and oxygen atoms in total. The number of aryl methyl sites for hydroxylation is 1. The van der Waals surface area contributed by atoms with Gasteiger partial charge in [0, 0.05) is 11.1 Å². The summed E-state index contributed by atoms with van der Waals surface area (Å²) >= 11 is 0.668. The largest absolute Gasteiger partial charge is 0.494 e. The van der Waals surface area contributed by atoms with Gasteiger partial charge in [0.2, 0.25) is 11.5 Å². The van der Waals surface area contributed by atoms with Gasteiger partial charge in [-0.25, -0.2) is 4.98 Å². The van der Waals surface area contributed by atoms with Gasteiger partial charge in [0.25, 0.3) is 0 Å².